The monoisotopic (exact) mass is 262 g/mol. The summed E-state index contributed by atoms with van der Waals surface area (Å²) in [6.45, 7) is 2.16. The molecule has 1 saturated heterocycles. The molecule has 0 spiro atoms. The highest BCUT2D eigenvalue weighted by Crippen LogP contribution is 2.31. The number of oxazole rings is 1. The smallest absolute Gasteiger partial charge is 0.313 e. The molecule has 6 nitrogen and oxygen atoms in total. The van der Waals surface area contributed by atoms with Gasteiger partial charge in [0.15, 0.2) is 5.58 Å². The molecule has 0 aliphatic carbocycles. The number of aromatic nitrogens is 1. The molecule has 1 aliphatic rings. The number of nitrogens with one attached hydrogen (secondary N) is 1. The molecule has 6 heteroatoms. The summed E-state index contributed by atoms with van der Waals surface area (Å²) in [7, 11) is 0. The van der Waals surface area contributed by atoms with E-state index in [9.17, 15) is 9.90 Å². The first-order valence-electron chi connectivity index (χ1n) is 6.03. The van der Waals surface area contributed by atoms with Gasteiger partial charge in [-0.2, -0.15) is 4.98 Å². The Morgan fingerprint density at radius 3 is 3.05 bits per heavy atom. The summed E-state index contributed by atoms with van der Waals surface area (Å²) < 4.78 is 10.8. The zero-order valence-corrected chi connectivity index (χ0v) is 10.4. The van der Waals surface area contributed by atoms with Crippen molar-refractivity contribution in [2.24, 2.45) is 5.41 Å². The Balaban J connectivity index is 1.86. The van der Waals surface area contributed by atoms with Crippen molar-refractivity contribution in [3.05, 3.63) is 24.3 Å². The van der Waals surface area contributed by atoms with Crippen molar-refractivity contribution in [2.75, 3.05) is 18.5 Å². The molecule has 2 unspecified atom stereocenters. The van der Waals surface area contributed by atoms with E-state index in [4.69, 9.17) is 9.15 Å². The molecule has 0 radical (unpaired) electrons. The van der Waals surface area contributed by atoms with Crippen LogP contribution in [0.5, 0.6) is 0 Å². The molecule has 19 heavy (non-hydrogen) atoms. The molecule has 1 aliphatic heterocycles. The molecule has 0 saturated carbocycles. The Morgan fingerprint density at radius 2 is 2.32 bits per heavy atom. The number of hydrogen-bond acceptors (Lipinski definition) is 5. The van der Waals surface area contributed by atoms with Gasteiger partial charge in [0.25, 0.3) is 6.01 Å². The van der Waals surface area contributed by atoms with E-state index in [1.807, 2.05) is 24.3 Å². The normalized spacial score (nSPS) is 26.7. The number of carbonyl (C=O) groups is 1. The number of para-hydroxylation sites is 2. The van der Waals surface area contributed by atoms with Gasteiger partial charge >= 0.3 is 5.97 Å². The number of nitrogens with zero attached hydrogens (tertiary/aromatic N) is 1. The van der Waals surface area contributed by atoms with E-state index >= 15 is 0 Å². The molecule has 2 N–H and O–H groups in total. The Hall–Kier alpha value is -2.08. The lowest BCUT2D eigenvalue weighted by Gasteiger charge is -2.24. The number of hydrogen-bond donors (Lipinski definition) is 2. The molecule has 3 rings (SSSR count). The van der Waals surface area contributed by atoms with Crippen LogP contribution in [0, 0.1) is 5.41 Å². The van der Waals surface area contributed by atoms with Crippen LogP contribution in [-0.4, -0.2) is 35.3 Å². The number of rotatable bonds is 3. The molecule has 0 amide bonds. The highest BCUT2D eigenvalue weighted by atomic mass is 16.5. The summed E-state index contributed by atoms with van der Waals surface area (Å²) >= 11 is 0. The Kier molecular flexibility index (Phi) is 2.67. The van der Waals surface area contributed by atoms with Crippen LogP contribution in [0.3, 0.4) is 0 Å². The minimum atomic E-state index is -0.972. The third-order valence-electron chi connectivity index (χ3n) is 3.54. The lowest BCUT2D eigenvalue weighted by atomic mass is 9.85. The van der Waals surface area contributed by atoms with Gasteiger partial charge in [0.05, 0.1) is 19.3 Å². The SMILES string of the molecule is CC1(C(=O)O)COCC1Nc1nc2ccccc2o1. The van der Waals surface area contributed by atoms with Crippen LogP contribution >= 0.6 is 0 Å². The third-order valence-corrected chi connectivity index (χ3v) is 3.54. The number of carboxylic acids is 1. The van der Waals surface area contributed by atoms with Crippen LogP contribution in [-0.2, 0) is 9.53 Å². The lowest BCUT2D eigenvalue weighted by Crippen LogP contribution is -2.43. The lowest BCUT2D eigenvalue weighted by molar-refractivity contribution is -0.148. The highest BCUT2D eigenvalue weighted by molar-refractivity contribution is 5.77. The summed E-state index contributed by atoms with van der Waals surface area (Å²) in [5.74, 6) is -0.890. The van der Waals surface area contributed by atoms with Crippen LogP contribution in [0.1, 0.15) is 6.92 Å². The van der Waals surface area contributed by atoms with Crippen molar-refractivity contribution in [1.82, 2.24) is 4.98 Å². The fourth-order valence-corrected chi connectivity index (χ4v) is 2.17. The van der Waals surface area contributed by atoms with Crippen molar-refractivity contribution < 1.29 is 19.1 Å². The molecule has 1 aromatic carbocycles. The predicted molar refractivity (Wildman–Crippen MR) is 68.0 cm³/mol. The molecular formula is C13H14N2O4. The largest absolute Gasteiger partial charge is 0.481 e. The average Bonchev–Trinajstić information content (AvgIpc) is 2.94. The molecule has 1 aromatic heterocycles. The zero-order valence-electron chi connectivity index (χ0n) is 10.4. The first kappa shape index (κ1) is 12.0. The Morgan fingerprint density at radius 1 is 1.53 bits per heavy atom. The number of anilines is 1. The number of ether oxygens (including phenoxy) is 1. The van der Waals surface area contributed by atoms with Gasteiger partial charge in [0, 0.05) is 0 Å². The fraction of sp³-hybridized carbons (Fsp3) is 0.385. The number of aliphatic carboxylic acids is 1. The summed E-state index contributed by atoms with van der Waals surface area (Å²) in [4.78, 5) is 15.6. The maximum atomic E-state index is 11.3. The first-order chi connectivity index (χ1) is 9.09. The third kappa shape index (κ3) is 1.94. The van der Waals surface area contributed by atoms with Crippen LogP contribution < -0.4 is 5.32 Å². The van der Waals surface area contributed by atoms with E-state index in [-0.39, 0.29) is 12.6 Å². The quantitative estimate of drug-likeness (QED) is 0.876. The molecule has 2 aromatic rings. The van der Waals surface area contributed by atoms with Crippen LogP contribution in [0.15, 0.2) is 28.7 Å². The Bertz CT molecular complexity index is 591. The summed E-state index contributed by atoms with van der Waals surface area (Å²) in [6, 6.07) is 7.34. The Labute approximate surface area is 109 Å². The van der Waals surface area contributed by atoms with Crippen molar-refractivity contribution in [3.63, 3.8) is 0 Å². The molecule has 0 bridgehead atoms. The van der Waals surface area contributed by atoms with E-state index in [0.717, 1.165) is 5.52 Å². The first-order valence-corrected chi connectivity index (χ1v) is 6.03. The van der Waals surface area contributed by atoms with E-state index < -0.39 is 11.4 Å². The second kappa shape index (κ2) is 4.24. The highest BCUT2D eigenvalue weighted by Gasteiger charge is 2.47. The predicted octanol–water partition coefficient (Wildman–Crippen LogP) is 1.73. The van der Waals surface area contributed by atoms with E-state index in [0.29, 0.717) is 18.2 Å². The second-order valence-corrected chi connectivity index (χ2v) is 4.92. The molecule has 2 atom stereocenters. The minimum absolute atomic E-state index is 0.181. The van der Waals surface area contributed by atoms with Crippen LogP contribution in [0.25, 0.3) is 11.1 Å². The minimum Gasteiger partial charge on any atom is -0.481 e. The summed E-state index contributed by atoms with van der Waals surface area (Å²) in [5.41, 5.74) is 0.433. The standard InChI is InChI=1S/C13H14N2O4/c1-13(11(16)17)7-18-6-10(13)15-12-14-8-4-2-3-5-9(8)19-12/h2-5,10H,6-7H2,1H3,(H,14,15)(H,16,17). The van der Waals surface area contributed by atoms with Crippen molar-refractivity contribution in [2.45, 2.75) is 13.0 Å². The van der Waals surface area contributed by atoms with Crippen molar-refractivity contribution >= 4 is 23.1 Å². The maximum absolute atomic E-state index is 11.3. The van der Waals surface area contributed by atoms with Crippen LogP contribution in [0.2, 0.25) is 0 Å². The van der Waals surface area contributed by atoms with E-state index in [1.165, 1.54) is 0 Å². The van der Waals surface area contributed by atoms with Gasteiger partial charge in [0.2, 0.25) is 0 Å². The molecule has 100 valence electrons. The van der Waals surface area contributed by atoms with Gasteiger partial charge in [-0.15, -0.1) is 0 Å². The maximum Gasteiger partial charge on any atom is 0.313 e. The van der Waals surface area contributed by atoms with Crippen LogP contribution in [0.4, 0.5) is 6.01 Å². The number of fused-ring (bicyclic) bond motifs is 1. The van der Waals surface area contributed by atoms with E-state index in [1.54, 1.807) is 6.92 Å². The molecule has 2 heterocycles. The van der Waals surface area contributed by atoms with Crippen molar-refractivity contribution in [3.8, 4) is 0 Å². The van der Waals surface area contributed by atoms with Gasteiger partial charge in [-0.1, -0.05) is 12.1 Å². The molecule has 1 fully saturated rings. The van der Waals surface area contributed by atoms with E-state index in [2.05, 4.69) is 10.3 Å². The number of carboxylic acid groups (broad SMARTS) is 1. The zero-order chi connectivity index (χ0) is 13.5. The van der Waals surface area contributed by atoms with Crippen molar-refractivity contribution in [1.29, 1.82) is 0 Å². The van der Waals surface area contributed by atoms with Gasteiger partial charge in [-0.05, 0) is 19.1 Å². The fourth-order valence-electron chi connectivity index (χ4n) is 2.17. The van der Waals surface area contributed by atoms with Gasteiger partial charge in [0.1, 0.15) is 10.9 Å². The average molecular weight is 262 g/mol. The summed E-state index contributed by atoms with van der Waals surface area (Å²) in [5, 5.41) is 12.3. The second-order valence-electron chi connectivity index (χ2n) is 4.92. The number of benzene rings is 1. The van der Waals surface area contributed by atoms with Gasteiger partial charge in [-0.25, -0.2) is 0 Å². The van der Waals surface area contributed by atoms with Gasteiger partial charge < -0.3 is 19.6 Å². The van der Waals surface area contributed by atoms with Gasteiger partial charge in [-0.3, -0.25) is 4.79 Å². The summed E-state index contributed by atoms with van der Waals surface area (Å²) in [6.07, 6.45) is 0. The molecular weight excluding hydrogens is 248 g/mol. The topological polar surface area (TPSA) is 84.6 Å².